The predicted octanol–water partition coefficient (Wildman–Crippen LogP) is 3.06. The molecule has 5 nitrogen and oxygen atoms in total. The van der Waals surface area contributed by atoms with Gasteiger partial charge < -0.3 is 10.3 Å². The molecule has 0 amide bonds. The molecule has 0 saturated heterocycles. The lowest BCUT2D eigenvalue weighted by Gasteiger charge is -2.04. The summed E-state index contributed by atoms with van der Waals surface area (Å²) in [6, 6.07) is 7.63. The summed E-state index contributed by atoms with van der Waals surface area (Å²) in [6.45, 7) is 1.93. The normalized spacial score (nSPS) is 10.8. The zero-order chi connectivity index (χ0) is 12.5. The van der Waals surface area contributed by atoms with Gasteiger partial charge in [-0.1, -0.05) is 0 Å². The number of aromatic amines is 1. The summed E-state index contributed by atoms with van der Waals surface area (Å²) in [4.78, 5) is 15.4. The number of nitrogens with zero attached hydrogens (tertiary/aromatic N) is 3. The summed E-state index contributed by atoms with van der Waals surface area (Å²) in [5.41, 5.74) is 2.84. The smallest absolute Gasteiger partial charge is 0.224 e. The minimum Gasteiger partial charge on any atom is -0.342 e. The summed E-state index contributed by atoms with van der Waals surface area (Å²) in [7, 11) is 0. The molecule has 0 fully saturated rings. The Morgan fingerprint density at radius 3 is 2.94 bits per heavy atom. The molecule has 2 N–H and O–H groups in total. The van der Waals surface area contributed by atoms with Crippen LogP contribution in [0.1, 0.15) is 5.82 Å². The molecule has 90 valence electrons. The van der Waals surface area contributed by atoms with Crippen LogP contribution in [0.15, 0.2) is 30.5 Å². The third kappa shape index (κ3) is 2.12. The molecule has 0 atom stereocenters. The van der Waals surface area contributed by atoms with Gasteiger partial charge in [0.15, 0.2) is 0 Å². The van der Waals surface area contributed by atoms with E-state index in [0.29, 0.717) is 5.82 Å². The first kappa shape index (κ1) is 11.0. The van der Waals surface area contributed by atoms with E-state index in [2.05, 4.69) is 25.3 Å². The molecule has 2 aromatic heterocycles. The molecule has 0 bridgehead atoms. The van der Waals surface area contributed by atoms with Gasteiger partial charge in [0.25, 0.3) is 0 Å². The van der Waals surface area contributed by atoms with Gasteiger partial charge in [0, 0.05) is 11.9 Å². The molecule has 0 aliphatic rings. The lowest BCUT2D eigenvalue weighted by molar-refractivity contribution is 1.17. The molecule has 3 rings (SSSR count). The molecule has 0 spiro atoms. The van der Waals surface area contributed by atoms with Crippen LogP contribution in [0.2, 0.25) is 5.28 Å². The second-order valence-electron chi connectivity index (χ2n) is 3.89. The van der Waals surface area contributed by atoms with Gasteiger partial charge >= 0.3 is 0 Å². The lowest BCUT2D eigenvalue weighted by Crippen LogP contribution is -1.94. The van der Waals surface area contributed by atoms with E-state index in [1.165, 1.54) is 0 Å². The average molecular weight is 260 g/mol. The molecule has 0 unspecified atom stereocenters. The fraction of sp³-hybridized carbons (Fsp3) is 0.0833. The molecular formula is C12H10ClN5. The number of anilines is 2. The van der Waals surface area contributed by atoms with Crippen molar-refractivity contribution >= 4 is 34.1 Å². The SMILES string of the molecule is Cc1nc2ccc(Nc3ccnc(Cl)n3)cc2[nH]1. The first-order chi connectivity index (χ1) is 8.70. The number of hydrogen-bond acceptors (Lipinski definition) is 4. The van der Waals surface area contributed by atoms with E-state index in [0.717, 1.165) is 22.5 Å². The molecular weight excluding hydrogens is 250 g/mol. The number of aromatic nitrogens is 4. The van der Waals surface area contributed by atoms with Crippen LogP contribution in [-0.2, 0) is 0 Å². The Bertz CT molecular complexity index is 707. The minimum absolute atomic E-state index is 0.221. The van der Waals surface area contributed by atoms with Crippen LogP contribution >= 0.6 is 11.6 Å². The van der Waals surface area contributed by atoms with Crippen molar-refractivity contribution in [2.45, 2.75) is 6.92 Å². The summed E-state index contributed by atoms with van der Waals surface area (Å²) in [5, 5.41) is 3.38. The molecule has 0 aliphatic heterocycles. The third-order valence-corrected chi connectivity index (χ3v) is 2.68. The van der Waals surface area contributed by atoms with Gasteiger partial charge in [-0.25, -0.2) is 15.0 Å². The third-order valence-electron chi connectivity index (χ3n) is 2.50. The van der Waals surface area contributed by atoms with Crippen LogP contribution < -0.4 is 5.32 Å². The Morgan fingerprint density at radius 2 is 2.11 bits per heavy atom. The summed E-state index contributed by atoms with van der Waals surface area (Å²) in [6.07, 6.45) is 1.61. The zero-order valence-corrected chi connectivity index (χ0v) is 10.4. The Hall–Kier alpha value is -2.14. The van der Waals surface area contributed by atoms with E-state index in [1.807, 2.05) is 25.1 Å². The molecule has 1 aromatic carbocycles. The number of rotatable bonds is 2. The fourth-order valence-corrected chi connectivity index (χ4v) is 1.91. The zero-order valence-electron chi connectivity index (χ0n) is 9.61. The second kappa shape index (κ2) is 4.27. The maximum Gasteiger partial charge on any atom is 0.224 e. The molecule has 0 saturated carbocycles. The quantitative estimate of drug-likeness (QED) is 0.694. The minimum atomic E-state index is 0.221. The Balaban J connectivity index is 1.94. The topological polar surface area (TPSA) is 66.5 Å². The van der Waals surface area contributed by atoms with Gasteiger partial charge in [0.2, 0.25) is 5.28 Å². The van der Waals surface area contributed by atoms with E-state index < -0.39 is 0 Å². The van der Waals surface area contributed by atoms with Gasteiger partial charge in [0.1, 0.15) is 11.6 Å². The molecule has 18 heavy (non-hydrogen) atoms. The van der Waals surface area contributed by atoms with Crippen molar-refractivity contribution < 1.29 is 0 Å². The highest BCUT2D eigenvalue weighted by Gasteiger charge is 2.02. The molecule has 3 aromatic rings. The average Bonchev–Trinajstić information content (AvgIpc) is 2.68. The fourth-order valence-electron chi connectivity index (χ4n) is 1.77. The van der Waals surface area contributed by atoms with Crippen molar-refractivity contribution in [2.75, 3.05) is 5.32 Å². The standard InChI is InChI=1S/C12H10ClN5/c1-7-15-9-3-2-8(6-10(9)16-7)17-11-4-5-14-12(13)18-11/h2-6H,1H3,(H,15,16)(H,14,17,18). The van der Waals surface area contributed by atoms with Crippen molar-refractivity contribution in [3.05, 3.63) is 41.6 Å². The Morgan fingerprint density at radius 1 is 1.22 bits per heavy atom. The maximum atomic E-state index is 5.73. The van der Waals surface area contributed by atoms with Crippen LogP contribution in [0.25, 0.3) is 11.0 Å². The van der Waals surface area contributed by atoms with E-state index >= 15 is 0 Å². The van der Waals surface area contributed by atoms with Crippen molar-refractivity contribution in [1.82, 2.24) is 19.9 Å². The number of halogens is 1. The maximum absolute atomic E-state index is 5.73. The monoisotopic (exact) mass is 259 g/mol. The Labute approximate surface area is 108 Å². The lowest BCUT2D eigenvalue weighted by atomic mass is 10.3. The van der Waals surface area contributed by atoms with E-state index in [1.54, 1.807) is 12.3 Å². The summed E-state index contributed by atoms with van der Waals surface area (Å²) >= 11 is 5.73. The van der Waals surface area contributed by atoms with E-state index in [-0.39, 0.29) is 5.28 Å². The van der Waals surface area contributed by atoms with Gasteiger partial charge in [-0.3, -0.25) is 0 Å². The van der Waals surface area contributed by atoms with Crippen LogP contribution in [0, 0.1) is 6.92 Å². The van der Waals surface area contributed by atoms with Crippen molar-refractivity contribution in [2.24, 2.45) is 0 Å². The van der Waals surface area contributed by atoms with Gasteiger partial charge in [-0.15, -0.1) is 0 Å². The van der Waals surface area contributed by atoms with Gasteiger partial charge in [0.05, 0.1) is 11.0 Å². The first-order valence-corrected chi connectivity index (χ1v) is 5.80. The highest BCUT2D eigenvalue weighted by Crippen LogP contribution is 2.20. The van der Waals surface area contributed by atoms with Crippen molar-refractivity contribution in [1.29, 1.82) is 0 Å². The summed E-state index contributed by atoms with van der Waals surface area (Å²) < 4.78 is 0. The number of nitrogens with one attached hydrogen (secondary N) is 2. The molecule has 0 aliphatic carbocycles. The number of H-pyrrole nitrogens is 1. The number of aryl methyl sites for hydroxylation is 1. The van der Waals surface area contributed by atoms with Crippen LogP contribution in [0.5, 0.6) is 0 Å². The first-order valence-electron chi connectivity index (χ1n) is 5.43. The summed E-state index contributed by atoms with van der Waals surface area (Å²) in [5.74, 6) is 1.55. The van der Waals surface area contributed by atoms with Gasteiger partial charge in [-0.2, -0.15) is 0 Å². The van der Waals surface area contributed by atoms with Gasteiger partial charge in [-0.05, 0) is 42.8 Å². The predicted molar refractivity (Wildman–Crippen MR) is 71.2 cm³/mol. The van der Waals surface area contributed by atoms with Crippen molar-refractivity contribution in [3.63, 3.8) is 0 Å². The highest BCUT2D eigenvalue weighted by molar-refractivity contribution is 6.28. The number of imidazole rings is 1. The van der Waals surface area contributed by atoms with Crippen LogP contribution in [-0.4, -0.2) is 19.9 Å². The van der Waals surface area contributed by atoms with Crippen molar-refractivity contribution in [3.8, 4) is 0 Å². The molecule has 6 heteroatoms. The van der Waals surface area contributed by atoms with Crippen LogP contribution in [0.4, 0.5) is 11.5 Å². The molecule has 2 heterocycles. The molecule has 0 radical (unpaired) electrons. The largest absolute Gasteiger partial charge is 0.342 e. The van der Waals surface area contributed by atoms with E-state index in [4.69, 9.17) is 11.6 Å². The number of benzene rings is 1. The number of hydrogen-bond donors (Lipinski definition) is 2. The van der Waals surface area contributed by atoms with E-state index in [9.17, 15) is 0 Å². The number of fused-ring (bicyclic) bond motifs is 1. The van der Waals surface area contributed by atoms with Crippen LogP contribution in [0.3, 0.4) is 0 Å². The highest BCUT2D eigenvalue weighted by atomic mass is 35.5. The Kier molecular flexibility index (Phi) is 2.60. The second-order valence-corrected chi connectivity index (χ2v) is 4.23.